The van der Waals surface area contributed by atoms with Crippen LogP contribution < -0.4 is 31.8 Å². The van der Waals surface area contributed by atoms with Gasteiger partial charge in [-0.2, -0.15) is 0 Å². The van der Waals surface area contributed by atoms with Crippen molar-refractivity contribution in [2.24, 2.45) is 0 Å². The van der Waals surface area contributed by atoms with Gasteiger partial charge in [-0.05, 0) is 129 Å². The van der Waals surface area contributed by atoms with Crippen LogP contribution in [0.1, 0.15) is 33.4 Å². The van der Waals surface area contributed by atoms with E-state index >= 15 is 0 Å². The van der Waals surface area contributed by atoms with Crippen molar-refractivity contribution in [3.8, 4) is 34.1 Å². The van der Waals surface area contributed by atoms with E-state index in [-0.39, 0.29) is 44.8 Å². The Morgan fingerprint density at radius 2 is 0.588 bits per heavy atom. The molecule has 0 unspecified atom stereocenters. The van der Waals surface area contributed by atoms with Gasteiger partial charge in [0.15, 0.2) is 0 Å². The van der Waals surface area contributed by atoms with E-state index in [1.807, 2.05) is 24.3 Å². The third-order valence-electron chi connectivity index (χ3n) is 12.6. The molecular formula is C64H46Au2P2+2. The van der Waals surface area contributed by atoms with Crippen molar-refractivity contribution < 1.29 is 44.8 Å². The first kappa shape index (κ1) is 48.4. The van der Waals surface area contributed by atoms with E-state index in [2.05, 4.69) is 230 Å². The monoisotopic (exact) mass is 1270 g/mol. The first-order valence-corrected chi connectivity index (χ1v) is 25.4. The smallest absolute Gasteiger partial charge is 0.366 e. The molecule has 0 bridgehead atoms. The second-order valence-electron chi connectivity index (χ2n) is 16.6. The van der Waals surface area contributed by atoms with Gasteiger partial charge >= 0.3 is 44.8 Å². The molecule has 0 fully saturated rings. The van der Waals surface area contributed by atoms with Gasteiger partial charge in [0.2, 0.25) is 0 Å². The molecule has 2 aliphatic carbocycles. The predicted molar refractivity (Wildman–Crippen MR) is 286 cm³/mol. The predicted octanol–water partition coefficient (Wildman–Crippen LogP) is 12.2. The van der Waals surface area contributed by atoms with Gasteiger partial charge in [-0.3, -0.25) is 11.8 Å². The molecule has 0 radical (unpaired) electrons. The van der Waals surface area contributed by atoms with Crippen molar-refractivity contribution in [1.82, 2.24) is 0 Å². The Labute approximate surface area is 435 Å². The zero-order valence-corrected chi connectivity index (χ0v) is 43.4. The molecule has 68 heavy (non-hydrogen) atoms. The standard InChI is InChI=1S/C34H26P2.2C15H9.2Au/c1-5-17-29(18-6-1)35(30-19-7-2-8-20-30)33-25-27-15-13-14-16-28(27)26-34(33)36(31-21-9-3-10-22-31)32-23-11-4-12-24-32;2*1-2-11-7-8-13-10-12-5-3-4-6-14(12)15(13)9-11;;/h1-26H;2*3-9H,10H2;;/q;2*-1;2*+1/p+2. The van der Waals surface area contributed by atoms with Crippen molar-refractivity contribution >= 4 is 58.4 Å². The third kappa shape index (κ3) is 10.5. The fourth-order valence-corrected chi connectivity index (χ4v) is 15.5. The fourth-order valence-electron chi connectivity index (χ4n) is 9.43. The summed E-state index contributed by atoms with van der Waals surface area (Å²) in [6.07, 6.45) is 16.3. The summed E-state index contributed by atoms with van der Waals surface area (Å²) >= 11 is 0. The molecule has 0 nitrogen and oxygen atoms in total. The molecule has 4 heteroatoms. The van der Waals surface area contributed by atoms with E-state index in [1.165, 1.54) is 87.1 Å². The number of hydrogen-bond donors (Lipinski definition) is 0. The molecule has 332 valence electrons. The van der Waals surface area contributed by atoms with Crippen molar-refractivity contribution in [2.75, 3.05) is 0 Å². The molecule has 12 rings (SSSR count). The normalized spacial score (nSPS) is 11.1. The second kappa shape index (κ2) is 22.8. The van der Waals surface area contributed by atoms with Crippen molar-refractivity contribution in [3.63, 3.8) is 0 Å². The first-order valence-electron chi connectivity index (χ1n) is 22.4. The van der Waals surface area contributed by atoms with Crippen molar-refractivity contribution in [1.29, 1.82) is 0 Å². The van der Waals surface area contributed by atoms with Crippen LogP contribution in [-0.2, 0) is 57.6 Å². The molecule has 0 aromatic heterocycles. The minimum absolute atomic E-state index is 0. The number of fused-ring (bicyclic) bond motifs is 7. The van der Waals surface area contributed by atoms with Crippen LogP contribution in [0.5, 0.6) is 0 Å². The molecule has 0 atom stereocenters. The van der Waals surface area contributed by atoms with Crippen LogP contribution in [0.25, 0.3) is 33.0 Å². The molecule has 0 saturated heterocycles. The van der Waals surface area contributed by atoms with Gasteiger partial charge in [-0.25, -0.2) is 0 Å². The maximum absolute atomic E-state index is 7.14. The molecule has 0 heterocycles. The van der Waals surface area contributed by atoms with Crippen LogP contribution in [0.2, 0.25) is 0 Å². The van der Waals surface area contributed by atoms with Crippen LogP contribution in [0.4, 0.5) is 0 Å². The Morgan fingerprint density at radius 3 is 0.926 bits per heavy atom. The molecule has 0 N–H and O–H groups in total. The summed E-state index contributed by atoms with van der Waals surface area (Å²) in [4.78, 5) is 0. The van der Waals surface area contributed by atoms with Crippen molar-refractivity contribution in [2.45, 2.75) is 12.8 Å². The second-order valence-corrected chi connectivity index (χ2v) is 21.5. The average Bonchev–Trinajstić information content (AvgIpc) is 3.96. The molecule has 10 aromatic rings. The Kier molecular flexibility index (Phi) is 16.2. The van der Waals surface area contributed by atoms with E-state index in [9.17, 15) is 0 Å². The van der Waals surface area contributed by atoms with Gasteiger partial charge in [0, 0.05) is 0 Å². The average molecular weight is 1270 g/mol. The van der Waals surface area contributed by atoms with E-state index in [1.54, 1.807) is 0 Å². The Morgan fingerprint density at radius 1 is 0.294 bits per heavy atom. The summed E-state index contributed by atoms with van der Waals surface area (Å²) in [5.74, 6) is 4.87. The van der Waals surface area contributed by atoms with Gasteiger partial charge in [0.05, 0.1) is 0 Å². The zero-order valence-electron chi connectivity index (χ0n) is 37.1. The Bertz CT molecular complexity index is 3080. The van der Waals surface area contributed by atoms with Crippen LogP contribution in [0, 0.1) is 24.7 Å². The summed E-state index contributed by atoms with van der Waals surface area (Å²) in [5, 5.41) is 11.3. The van der Waals surface area contributed by atoms with Crippen LogP contribution in [-0.4, -0.2) is 0 Å². The van der Waals surface area contributed by atoms with Crippen molar-refractivity contribution in [3.05, 3.63) is 289 Å². The molecule has 0 spiro atoms. The quantitative estimate of drug-likeness (QED) is 0.0674. The fraction of sp³-hybridized carbons (Fsp3) is 0.0312. The largest absolute Gasteiger partial charge is 1.00 e. The Hall–Kier alpha value is -6.08. The van der Waals surface area contributed by atoms with E-state index in [0.717, 1.165) is 24.0 Å². The molecule has 0 amide bonds. The molecule has 10 aromatic carbocycles. The zero-order chi connectivity index (χ0) is 44.7. The van der Waals surface area contributed by atoms with Gasteiger partial charge < -0.3 is 12.8 Å². The number of benzene rings is 10. The summed E-state index contributed by atoms with van der Waals surface area (Å²) in [6, 6.07) is 87.5. The van der Waals surface area contributed by atoms with E-state index < -0.39 is 15.8 Å². The maximum atomic E-state index is 7.14. The minimum atomic E-state index is -1.23. The minimum Gasteiger partial charge on any atom is -0.366 e. The van der Waals surface area contributed by atoms with Gasteiger partial charge in [0.25, 0.3) is 0 Å². The summed E-state index contributed by atoms with van der Waals surface area (Å²) in [6.45, 7) is 0. The number of hydrogen-bond acceptors (Lipinski definition) is 0. The van der Waals surface area contributed by atoms with E-state index in [4.69, 9.17) is 12.8 Å². The summed E-state index contributed by atoms with van der Waals surface area (Å²) in [7, 11) is -2.46. The topological polar surface area (TPSA) is 0 Å². The van der Waals surface area contributed by atoms with Gasteiger partial charge in [-0.15, -0.1) is 35.4 Å². The van der Waals surface area contributed by atoms with Gasteiger partial charge in [0.1, 0.15) is 47.7 Å². The molecular weight excluding hydrogens is 1220 g/mol. The summed E-state index contributed by atoms with van der Waals surface area (Å²) < 4.78 is 0. The third-order valence-corrected chi connectivity index (χ3v) is 18.4. The van der Waals surface area contributed by atoms with E-state index in [0.29, 0.717) is 0 Å². The Balaban J connectivity index is 0.000000160. The summed E-state index contributed by atoms with van der Waals surface area (Å²) in [5.41, 5.74) is 12.3. The van der Waals surface area contributed by atoms with Gasteiger partial charge in [-0.1, -0.05) is 158 Å². The maximum Gasteiger partial charge on any atom is 1.00 e. The van der Waals surface area contributed by atoms with Crippen LogP contribution in [0.15, 0.2) is 243 Å². The molecule has 0 aliphatic heterocycles. The van der Waals surface area contributed by atoms with Crippen LogP contribution >= 0.6 is 15.8 Å². The number of rotatable bonds is 6. The molecule has 2 aliphatic rings. The first-order chi connectivity index (χ1) is 32.6. The SMILES string of the molecule is [Au+].[Au+].[C-]#Cc1ccc2c(c1)-c1ccccc1C2.[C-]#Cc1ccc2c(c1)-c1ccccc1C2.c1ccc([PH+](c2ccccc2)c2cc3ccccc3cc2[PH+](c2ccccc2)c2ccccc2)cc1. The molecule has 0 saturated carbocycles. The van der Waals surface area contributed by atoms with Crippen LogP contribution in [0.3, 0.4) is 0 Å².